The number of amides is 1. The van der Waals surface area contributed by atoms with Gasteiger partial charge in [-0.2, -0.15) is 0 Å². The molecule has 1 rings (SSSR count). The quantitative estimate of drug-likeness (QED) is 0.699. The van der Waals surface area contributed by atoms with Crippen molar-refractivity contribution >= 4 is 5.91 Å². The largest absolute Gasteiger partial charge is 0.330 e. The minimum atomic E-state index is -0.00125. The van der Waals surface area contributed by atoms with Crippen molar-refractivity contribution in [2.45, 2.75) is 38.6 Å². The smallest absolute Gasteiger partial charge is 0.240 e. The van der Waals surface area contributed by atoms with Crippen LogP contribution >= 0.6 is 0 Å². The molecule has 0 aromatic heterocycles. The maximum absolute atomic E-state index is 12.0. The molecule has 0 radical (unpaired) electrons. The number of terminal acetylenes is 1. The van der Waals surface area contributed by atoms with Crippen LogP contribution in [-0.2, 0) is 4.79 Å². The van der Waals surface area contributed by atoms with Crippen LogP contribution in [0.15, 0.2) is 0 Å². The minimum Gasteiger partial charge on any atom is -0.330 e. The van der Waals surface area contributed by atoms with E-state index in [2.05, 4.69) is 18.2 Å². The van der Waals surface area contributed by atoms with Crippen LogP contribution in [0.5, 0.6) is 0 Å². The van der Waals surface area contributed by atoms with Gasteiger partial charge in [0.2, 0.25) is 5.91 Å². The molecule has 3 heteroatoms. The first kappa shape index (κ1) is 12.1. The van der Waals surface area contributed by atoms with Gasteiger partial charge >= 0.3 is 0 Å². The minimum absolute atomic E-state index is 0.00125. The molecule has 15 heavy (non-hydrogen) atoms. The van der Waals surface area contributed by atoms with Crippen molar-refractivity contribution in [2.75, 3.05) is 19.6 Å². The van der Waals surface area contributed by atoms with Crippen LogP contribution in [0, 0.1) is 12.3 Å². The van der Waals surface area contributed by atoms with Gasteiger partial charge in [-0.1, -0.05) is 19.3 Å². The second kappa shape index (κ2) is 6.47. The lowest BCUT2D eigenvalue weighted by Crippen LogP contribution is -2.48. The molecule has 0 aliphatic carbocycles. The summed E-state index contributed by atoms with van der Waals surface area (Å²) in [4.78, 5) is 13.8. The Labute approximate surface area is 92.2 Å². The Morgan fingerprint density at radius 1 is 1.60 bits per heavy atom. The van der Waals surface area contributed by atoms with Crippen LogP contribution in [0.25, 0.3) is 0 Å². The fourth-order valence-electron chi connectivity index (χ4n) is 1.93. The molecule has 0 aromatic carbocycles. The molecule has 0 unspecified atom stereocenters. The number of carbonyl (C=O) groups is 1. The molecular weight excluding hydrogens is 188 g/mol. The fourth-order valence-corrected chi connectivity index (χ4v) is 1.93. The fraction of sp³-hybridized carbons (Fsp3) is 0.750. The van der Waals surface area contributed by atoms with Crippen molar-refractivity contribution in [1.29, 1.82) is 0 Å². The number of nitrogens with one attached hydrogen (secondary N) is 1. The maximum atomic E-state index is 12.0. The standard InChI is InChI=1S/C12H20N2O/c1-3-9-14(10-4-2)12(15)11-7-5-6-8-13-11/h1,11,13H,4-10H2,2H3/t11-/m0/s1. The van der Waals surface area contributed by atoms with E-state index in [4.69, 9.17) is 6.42 Å². The maximum Gasteiger partial charge on any atom is 0.240 e. The SMILES string of the molecule is C#CCN(CCC)C(=O)[C@@H]1CCCCN1. The molecule has 3 nitrogen and oxygen atoms in total. The van der Waals surface area contributed by atoms with Crippen LogP contribution in [0.2, 0.25) is 0 Å². The average molecular weight is 208 g/mol. The number of nitrogens with zero attached hydrogens (tertiary/aromatic N) is 1. The molecule has 1 saturated heterocycles. The first-order valence-electron chi connectivity index (χ1n) is 5.75. The normalized spacial score (nSPS) is 20.7. The summed E-state index contributed by atoms with van der Waals surface area (Å²) >= 11 is 0. The Hall–Kier alpha value is -1.01. The van der Waals surface area contributed by atoms with Crippen LogP contribution < -0.4 is 5.32 Å². The summed E-state index contributed by atoms with van der Waals surface area (Å²) in [5.74, 6) is 2.73. The molecule has 84 valence electrons. The highest BCUT2D eigenvalue weighted by Crippen LogP contribution is 2.10. The summed E-state index contributed by atoms with van der Waals surface area (Å²) in [5, 5.41) is 3.26. The Bertz CT molecular complexity index is 238. The van der Waals surface area contributed by atoms with E-state index >= 15 is 0 Å². The number of carbonyl (C=O) groups excluding carboxylic acids is 1. The molecule has 1 amide bonds. The van der Waals surface area contributed by atoms with Gasteiger partial charge in [-0.3, -0.25) is 4.79 Å². The summed E-state index contributed by atoms with van der Waals surface area (Å²) in [7, 11) is 0. The van der Waals surface area contributed by atoms with Gasteiger partial charge in [0.15, 0.2) is 0 Å². The van der Waals surface area contributed by atoms with Gasteiger partial charge in [-0.25, -0.2) is 0 Å². The lowest BCUT2D eigenvalue weighted by atomic mass is 10.0. The lowest BCUT2D eigenvalue weighted by Gasteiger charge is -2.28. The second-order valence-corrected chi connectivity index (χ2v) is 3.97. The van der Waals surface area contributed by atoms with E-state index < -0.39 is 0 Å². The number of rotatable bonds is 4. The second-order valence-electron chi connectivity index (χ2n) is 3.97. The molecule has 0 aromatic rings. The van der Waals surface area contributed by atoms with Crippen LogP contribution in [0.1, 0.15) is 32.6 Å². The van der Waals surface area contributed by atoms with Crippen molar-refractivity contribution in [3.8, 4) is 12.3 Å². The molecule has 0 bridgehead atoms. The van der Waals surface area contributed by atoms with Gasteiger partial charge in [0.25, 0.3) is 0 Å². The average Bonchev–Trinajstić information content (AvgIpc) is 2.29. The van der Waals surface area contributed by atoms with Crippen LogP contribution in [-0.4, -0.2) is 36.5 Å². The van der Waals surface area contributed by atoms with Crippen molar-refractivity contribution in [2.24, 2.45) is 0 Å². The number of hydrogen-bond donors (Lipinski definition) is 1. The van der Waals surface area contributed by atoms with Crippen molar-refractivity contribution in [1.82, 2.24) is 10.2 Å². The summed E-state index contributed by atoms with van der Waals surface area (Å²) in [6, 6.07) is -0.00125. The van der Waals surface area contributed by atoms with E-state index in [9.17, 15) is 4.79 Å². The van der Waals surface area contributed by atoms with Gasteiger partial charge in [0.05, 0.1) is 12.6 Å². The first-order valence-corrected chi connectivity index (χ1v) is 5.75. The van der Waals surface area contributed by atoms with E-state index in [1.165, 1.54) is 6.42 Å². The topological polar surface area (TPSA) is 32.3 Å². The highest BCUT2D eigenvalue weighted by atomic mass is 16.2. The molecule has 1 heterocycles. The number of hydrogen-bond acceptors (Lipinski definition) is 2. The molecular formula is C12H20N2O. The van der Waals surface area contributed by atoms with E-state index in [0.29, 0.717) is 6.54 Å². The van der Waals surface area contributed by atoms with E-state index in [-0.39, 0.29) is 11.9 Å². The van der Waals surface area contributed by atoms with E-state index in [1.807, 2.05) is 0 Å². The van der Waals surface area contributed by atoms with Crippen molar-refractivity contribution in [3.63, 3.8) is 0 Å². The molecule has 0 spiro atoms. The van der Waals surface area contributed by atoms with Crippen molar-refractivity contribution in [3.05, 3.63) is 0 Å². The lowest BCUT2D eigenvalue weighted by molar-refractivity contribution is -0.133. The third-order valence-corrected chi connectivity index (χ3v) is 2.70. The third-order valence-electron chi connectivity index (χ3n) is 2.70. The Morgan fingerprint density at radius 2 is 2.40 bits per heavy atom. The summed E-state index contributed by atoms with van der Waals surface area (Å²) in [6.45, 7) is 4.21. The zero-order valence-electron chi connectivity index (χ0n) is 9.46. The zero-order chi connectivity index (χ0) is 11.1. The first-order chi connectivity index (χ1) is 7.29. The summed E-state index contributed by atoms with van der Waals surface area (Å²) in [5.41, 5.74) is 0. The van der Waals surface area contributed by atoms with Crippen LogP contribution in [0.3, 0.4) is 0 Å². The van der Waals surface area contributed by atoms with Gasteiger partial charge < -0.3 is 10.2 Å². The third kappa shape index (κ3) is 3.56. The molecule has 1 N–H and O–H groups in total. The summed E-state index contributed by atoms with van der Waals surface area (Å²) < 4.78 is 0. The highest BCUT2D eigenvalue weighted by Gasteiger charge is 2.24. The molecule has 1 aliphatic heterocycles. The molecule has 0 saturated carbocycles. The van der Waals surface area contributed by atoms with Gasteiger partial charge in [-0.05, 0) is 25.8 Å². The van der Waals surface area contributed by atoms with E-state index in [0.717, 1.165) is 32.4 Å². The zero-order valence-corrected chi connectivity index (χ0v) is 9.46. The summed E-state index contributed by atoms with van der Waals surface area (Å²) in [6.07, 6.45) is 9.48. The Balaban J connectivity index is 2.50. The highest BCUT2D eigenvalue weighted by molar-refractivity contribution is 5.82. The van der Waals surface area contributed by atoms with Gasteiger partial charge in [0, 0.05) is 6.54 Å². The molecule has 1 aliphatic rings. The van der Waals surface area contributed by atoms with Crippen LogP contribution in [0.4, 0.5) is 0 Å². The van der Waals surface area contributed by atoms with E-state index in [1.54, 1.807) is 4.90 Å². The molecule has 1 fully saturated rings. The van der Waals surface area contributed by atoms with Crippen molar-refractivity contribution < 1.29 is 4.79 Å². The van der Waals surface area contributed by atoms with Gasteiger partial charge in [0.1, 0.15) is 0 Å². The Kier molecular flexibility index (Phi) is 5.20. The number of piperidine rings is 1. The Morgan fingerprint density at radius 3 is 2.93 bits per heavy atom. The predicted molar refractivity (Wildman–Crippen MR) is 61.3 cm³/mol. The predicted octanol–water partition coefficient (Wildman–Crippen LogP) is 1.00. The molecule has 1 atom stereocenters. The monoisotopic (exact) mass is 208 g/mol. The van der Waals surface area contributed by atoms with Gasteiger partial charge in [-0.15, -0.1) is 6.42 Å².